The highest BCUT2D eigenvalue weighted by Gasteiger charge is 2.15. The summed E-state index contributed by atoms with van der Waals surface area (Å²) in [6.45, 7) is 0. The van der Waals surface area contributed by atoms with E-state index in [0.29, 0.717) is 15.6 Å². The molecule has 0 bridgehead atoms. The van der Waals surface area contributed by atoms with E-state index in [9.17, 15) is 4.79 Å². The average molecular weight is 332 g/mol. The standard InChI is InChI=1S/C17H11Cl2NO2/c1-22-17(21)16-9-12(11-4-2-3-5-14(11)19)13-8-10(18)6-7-15(13)20-16/h2-9H,1H3. The van der Waals surface area contributed by atoms with Crippen LogP contribution < -0.4 is 0 Å². The van der Waals surface area contributed by atoms with Gasteiger partial charge in [0.1, 0.15) is 5.69 Å². The summed E-state index contributed by atoms with van der Waals surface area (Å²) >= 11 is 12.4. The largest absolute Gasteiger partial charge is 0.464 e. The number of hydrogen-bond acceptors (Lipinski definition) is 3. The number of fused-ring (bicyclic) bond motifs is 1. The van der Waals surface area contributed by atoms with Crippen molar-refractivity contribution in [3.63, 3.8) is 0 Å². The molecule has 0 unspecified atom stereocenters. The van der Waals surface area contributed by atoms with E-state index in [-0.39, 0.29) is 5.69 Å². The molecule has 0 amide bonds. The predicted molar refractivity (Wildman–Crippen MR) is 88.5 cm³/mol. The van der Waals surface area contributed by atoms with Crippen LogP contribution in [0.5, 0.6) is 0 Å². The number of benzene rings is 2. The molecular weight excluding hydrogens is 321 g/mol. The molecular formula is C17H11Cl2NO2. The molecule has 0 aliphatic heterocycles. The molecule has 0 radical (unpaired) electrons. The van der Waals surface area contributed by atoms with E-state index in [0.717, 1.165) is 16.5 Å². The van der Waals surface area contributed by atoms with Gasteiger partial charge in [-0.25, -0.2) is 9.78 Å². The lowest BCUT2D eigenvalue weighted by Gasteiger charge is -2.11. The third kappa shape index (κ3) is 2.65. The van der Waals surface area contributed by atoms with Crippen LogP contribution in [0.4, 0.5) is 0 Å². The van der Waals surface area contributed by atoms with Crippen molar-refractivity contribution < 1.29 is 9.53 Å². The van der Waals surface area contributed by atoms with E-state index in [2.05, 4.69) is 4.98 Å². The van der Waals surface area contributed by atoms with Crippen molar-refractivity contribution in [1.29, 1.82) is 0 Å². The molecule has 1 aromatic heterocycles. The molecule has 0 fully saturated rings. The van der Waals surface area contributed by atoms with Crippen LogP contribution >= 0.6 is 23.2 Å². The van der Waals surface area contributed by atoms with Gasteiger partial charge in [-0.3, -0.25) is 0 Å². The molecule has 2 aromatic carbocycles. The number of methoxy groups -OCH3 is 1. The number of rotatable bonds is 2. The monoisotopic (exact) mass is 331 g/mol. The van der Waals surface area contributed by atoms with Crippen LogP contribution in [0.2, 0.25) is 10.0 Å². The Morgan fingerprint density at radius 2 is 1.82 bits per heavy atom. The molecule has 0 spiro atoms. The van der Waals surface area contributed by atoms with Gasteiger partial charge in [-0.2, -0.15) is 0 Å². The molecule has 0 N–H and O–H groups in total. The van der Waals surface area contributed by atoms with Crippen molar-refractivity contribution >= 4 is 40.1 Å². The first-order valence-electron chi connectivity index (χ1n) is 6.53. The Morgan fingerprint density at radius 1 is 1.05 bits per heavy atom. The topological polar surface area (TPSA) is 39.2 Å². The van der Waals surface area contributed by atoms with Crippen molar-refractivity contribution in [3.8, 4) is 11.1 Å². The smallest absolute Gasteiger partial charge is 0.356 e. The van der Waals surface area contributed by atoms with Crippen molar-refractivity contribution in [2.75, 3.05) is 7.11 Å². The van der Waals surface area contributed by atoms with E-state index in [4.69, 9.17) is 27.9 Å². The third-order valence-corrected chi connectivity index (χ3v) is 3.89. The molecule has 0 atom stereocenters. The number of ether oxygens (including phenoxy) is 1. The Bertz CT molecular complexity index is 878. The van der Waals surface area contributed by atoms with E-state index in [1.54, 1.807) is 24.3 Å². The first-order valence-corrected chi connectivity index (χ1v) is 7.29. The van der Waals surface area contributed by atoms with Gasteiger partial charge in [-0.05, 0) is 35.9 Å². The zero-order chi connectivity index (χ0) is 15.7. The molecule has 0 saturated carbocycles. The molecule has 3 nitrogen and oxygen atoms in total. The third-order valence-electron chi connectivity index (χ3n) is 3.33. The Morgan fingerprint density at radius 3 is 2.55 bits per heavy atom. The zero-order valence-electron chi connectivity index (χ0n) is 11.6. The summed E-state index contributed by atoms with van der Waals surface area (Å²) in [4.78, 5) is 16.2. The minimum absolute atomic E-state index is 0.229. The Labute approximate surface area is 137 Å². The lowest BCUT2D eigenvalue weighted by Crippen LogP contribution is -2.05. The SMILES string of the molecule is COC(=O)c1cc(-c2ccccc2Cl)c2cc(Cl)ccc2n1. The van der Waals surface area contributed by atoms with Gasteiger partial charge in [0.2, 0.25) is 0 Å². The summed E-state index contributed by atoms with van der Waals surface area (Å²) in [5.74, 6) is -0.495. The van der Waals surface area contributed by atoms with Gasteiger partial charge in [0.15, 0.2) is 0 Å². The summed E-state index contributed by atoms with van der Waals surface area (Å²) in [5.41, 5.74) is 2.48. The number of carbonyl (C=O) groups excluding carboxylic acids is 1. The first-order chi connectivity index (χ1) is 10.6. The van der Waals surface area contributed by atoms with Crippen molar-refractivity contribution in [2.45, 2.75) is 0 Å². The molecule has 5 heteroatoms. The van der Waals surface area contributed by atoms with E-state index >= 15 is 0 Å². The Kier molecular flexibility index (Phi) is 4.01. The highest BCUT2D eigenvalue weighted by molar-refractivity contribution is 6.34. The second-order valence-corrected chi connectivity index (χ2v) is 5.53. The fourth-order valence-corrected chi connectivity index (χ4v) is 2.72. The number of nitrogens with zero attached hydrogens (tertiary/aromatic N) is 1. The number of halogens is 2. The van der Waals surface area contributed by atoms with Gasteiger partial charge in [0, 0.05) is 21.0 Å². The maximum absolute atomic E-state index is 11.8. The number of esters is 1. The van der Waals surface area contributed by atoms with Crippen LogP contribution in [0.15, 0.2) is 48.5 Å². The van der Waals surface area contributed by atoms with Gasteiger partial charge < -0.3 is 4.74 Å². The quantitative estimate of drug-likeness (QED) is 0.620. The average Bonchev–Trinajstić information content (AvgIpc) is 2.54. The summed E-state index contributed by atoms with van der Waals surface area (Å²) in [7, 11) is 1.32. The van der Waals surface area contributed by atoms with Crippen molar-refractivity contribution in [3.05, 3.63) is 64.3 Å². The minimum atomic E-state index is -0.495. The van der Waals surface area contributed by atoms with Crippen LogP contribution in [0.1, 0.15) is 10.5 Å². The molecule has 0 saturated heterocycles. The molecule has 22 heavy (non-hydrogen) atoms. The molecule has 1 heterocycles. The molecule has 110 valence electrons. The lowest BCUT2D eigenvalue weighted by molar-refractivity contribution is 0.0594. The van der Waals surface area contributed by atoms with Gasteiger partial charge >= 0.3 is 5.97 Å². The van der Waals surface area contributed by atoms with Crippen LogP contribution in [0, 0.1) is 0 Å². The van der Waals surface area contributed by atoms with E-state index < -0.39 is 5.97 Å². The first kappa shape index (κ1) is 14.8. The molecule has 3 aromatic rings. The van der Waals surface area contributed by atoms with Gasteiger partial charge in [0.25, 0.3) is 0 Å². The number of pyridine rings is 1. The number of hydrogen-bond donors (Lipinski definition) is 0. The maximum Gasteiger partial charge on any atom is 0.356 e. The maximum atomic E-state index is 11.8. The molecule has 0 aliphatic rings. The van der Waals surface area contributed by atoms with Crippen molar-refractivity contribution in [1.82, 2.24) is 4.98 Å². The fourth-order valence-electron chi connectivity index (χ4n) is 2.31. The van der Waals surface area contributed by atoms with Gasteiger partial charge in [0.05, 0.1) is 12.6 Å². The number of carbonyl (C=O) groups is 1. The summed E-state index contributed by atoms with van der Waals surface area (Å²) in [5, 5.41) is 2.01. The molecule has 0 aliphatic carbocycles. The fraction of sp³-hybridized carbons (Fsp3) is 0.0588. The molecule has 3 rings (SSSR count). The van der Waals surface area contributed by atoms with Crippen LogP contribution in [-0.2, 0) is 4.74 Å². The summed E-state index contributed by atoms with van der Waals surface area (Å²) in [6.07, 6.45) is 0. The Balaban J connectivity index is 2.37. The van der Waals surface area contributed by atoms with Crippen LogP contribution in [0.25, 0.3) is 22.0 Å². The zero-order valence-corrected chi connectivity index (χ0v) is 13.2. The van der Waals surface area contributed by atoms with E-state index in [1.807, 2.05) is 24.3 Å². The highest BCUT2D eigenvalue weighted by atomic mass is 35.5. The Hall–Kier alpha value is -2.10. The van der Waals surface area contributed by atoms with Crippen molar-refractivity contribution in [2.24, 2.45) is 0 Å². The summed E-state index contributed by atoms with van der Waals surface area (Å²) < 4.78 is 4.77. The highest BCUT2D eigenvalue weighted by Crippen LogP contribution is 2.34. The van der Waals surface area contributed by atoms with Gasteiger partial charge in [-0.1, -0.05) is 41.4 Å². The van der Waals surface area contributed by atoms with Crippen LogP contribution in [-0.4, -0.2) is 18.1 Å². The minimum Gasteiger partial charge on any atom is -0.464 e. The normalized spacial score (nSPS) is 10.7. The second-order valence-electron chi connectivity index (χ2n) is 4.69. The number of aromatic nitrogens is 1. The predicted octanol–water partition coefficient (Wildman–Crippen LogP) is 5.00. The van der Waals surface area contributed by atoms with Gasteiger partial charge in [-0.15, -0.1) is 0 Å². The van der Waals surface area contributed by atoms with E-state index in [1.165, 1.54) is 7.11 Å². The summed E-state index contributed by atoms with van der Waals surface area (Å²) in [6, 6.07) is 14.4. The lowest BCUT2D eigenvalue weighted by atomic mass is 10.00. The van der Waals surface area contributed by atoms with Crippen LogP contribution in [0.3, 0.4) is 0 Å². The second kappa shape index (κ2) is 5.95.